The summed E-state index contributed by atoms with van der Waals surface area (Å²) in [4.78, 5) is 13.7. The minimum absolute atomic E-state index is 0.0209. The van der Waals surface area contributed by atoms with E-state index in [0.717, 1.165) is 0 Å². The van der Waals surface area contributed by atoms with Gasteiger partial charge in [0.1, 0.15) is 0 Å². The second-order valence-corrected chi connectivity index (χ2v) is 7.01. The van der Waals surface area contributed by atoms with Crippen molar-refractivity contribution in [1.82, 2.24) is 4.90 Å². The van der Waals surface area contributed by atoms with Crippen molar-refractivity contribution in [2.24, 2.45) is 11.7 Å². The number of carbonyl (C=O) groups is 1. The summed E-state index contributed by atoms with van der Waals surface area (Å²) in [5.41, 5.74) is 5.49. The van der Waals surface area contributed by atoms with Crippen LogP contribution >= 0.6 is 0 Å². The van der Waals surface area contributed by atoms with Gasteiger partial charge in [0.15, 0.2) is 9.84 Å². The van der Waals surface area contributed by atoms with E-state index in [2.05, 4.69) is 0 Å². The number of amides is 1. The van der Waals surface area contributed by atoms with Gasteiger partial charge in [0.25, 0.3) is 0 Å². The number of rotatable bonds is 5. The van der Waals surface area contributed by atoms with E-state index in [1.54, 1.807) is 4.90 Å². The van der Waals surface area contributed by atoms with Gasteiger partial charge in [-0.15, -0.1) is 0 Å². The summed E-state index contributed by atoms with van der Waals surface area (Å²) in [5.74, 6) is 0.486. The van der Waals surface area contributed by atoms with Crippen molar-refractivity contribution in [3.05, 3.63) is 0 Å². The van der Waals surface area contributed by atoms with Gasteiger partial charge in [-0.2, -0.15) is 0 Å². The zero-order chi connectivity index (χ0) is 13.1. The van der Waals surface area contributed by atoms with Crippen molar-refractivity contribution in [2.45, 2.75) is 32.7 Å². The second-order valence-electron chi connectivity index (χ2n) is 4.78. The van der Waals surface area contributed by atoms with Crippen molar-refractivity contribution >= 4 is 15.7 Å². The summed E-state index contributed by atoms with van der Waals surface area (Å²) in [6, 6.07) is -0.137. The fraction of sp³-hybridized carbons (Fsp3) is 0.909. The highest BCUT2D eigenvalue weighted by Crippen LogP contribution is 2.19. The number of carbonyl (C=O) groups excluding carboxylic acids is 1. The normalized spacial score (nSPS) is 24.5. The number of hydrogen-bond acceptors (Lipinski definition) is 4. The van der Waals surface area contributed by atoms with Crippen LogP contribution < -0.4 is 5.73 Å². The quantitative estimate of drug-likeness (QED) is 0.756. The van der Waals surface area contributed by atoms with Crippen LogP contribution in [0.3, 0.4) is 0 Å². The van der Waals surface area contributed by atoms with Gasteiger partial charge in [0, 0.05) is 19.0 Å². The van der Waals surface area contributed by atoms with Crippen LogP contribution in [0.1, 0.15) is 26.7 Å². The minimum Gasteiger partial charge on any atom is -0.339 e. The highest BCUT2D eigenvalue weighted by molar-refractivity contribution is 7.91. The molecule has 1 saturated heterocycles. The Morgan fingerprint density at radius 3 is 2.59 bits per heavy atom. The molecule has 2 atom stereocenters. The van der Waals surface area contributed by atoms with Crippen LogP contribution in [0.25, 0.3) is 0 Å². The third-order valence-electron chi connectivity index (χ3n) is 3.24. The van der Waals surface area contributed by atoms with E-state index < -0.39 is 9.84 Å². The Morgan fingerprint density at radius 1 is 1.53 bits per heavy atom. The Balaban J connectivity index is 2.63. The van der Waals surface area contributed by atoms with Gasteiger partial charge in [-0.05, 0) is 25.8 Å². The Bertz CT molecular complexity index is 367. The van der Waals surface area contributed by atoms with Crippen LogP contribution in [0.5, 0.6) is 0 Å². The highest BCUT2D eigenvalue weighted by Gasteiger charge is 2.33. The van der Waals surface area contributed by atoms with E-state index in [9.17, 15) is 13.2 Å². The van der Waals surface area contributed by atoms with E-state index in [-0.39, 0.29) is 29.4 Å². The molecule has 1 fully saturated rings. The fourth-order valence-electron chi connectivity index (χ4n) is 2.16. The van der Waals surface area contributed by atoms with Crippen LogP contribution in [0, 0.1) is 5.92 Å². The molecule has 0 aromatic carbocycles. The molecule has 5 nitrogen and oxygen atoms in total. The van der Waals surface area contributed by atoms with Gasteiger partial charge in [-0.1, -0.05) is 6.92 Å². The Hall–Kier alpha value is -0.620. The summed E-state index contributed by atoms with van der Waals surface area (Å²) in [5, 5.41) is 0. The molecule has 2 N–H and O–H groups in total. The first-order chi connectivity index (χ1) is 7.89. The highest BCUT2D eigenvalue weighted by atomic mass is 32.2. The average Bonchev–Trinajstić information content (AvgIpc) is 2.59. The van der Waals surface area contributed by atoms with Crippen molar-refractivity contribution in [1.29, 1.82) is 0 Å². The summed E-state index contributed by atoms with van der Waals surface area (Å²) < 4.78 is 22.8. The van der Waals surface area contributed by atoms with Gasteiger partial charge in [-0.25, -0.2) is 8.42 Å². The predicted octanol–water partition coefficient (Wildman–Crippen LogP) is 0.00690. The molecule has 1 heterocycles. The lowest BCUT2D eigenvalue weighted by Crippen LogP contribution is -2.41. The lowest BCUT2D eigenvalue weighted by atomic mass is 10.1. The first-order valence-electron chi connectivity index (χ1n) is 6.09. The van der Waals surface area contributed by atoms with Gasteiger partial charge < -0.3 is 10.6 Å². The maximum atomic E-state index is 12.0. The van der Waals surface area contributed by atoms with E-state index >= 15 is 0 Å². The molecule has 0 aromatic heterocycles. The lowest BCUT2D eigenvalue weighted by molar-refractivity contribution is -0.133. The van der Waals surface area contributed by atoms with E-state index in [0.29, 0.717) is 25.9 Å². The van der Waals surface area contributed by atoms with E-state index in [1.165, 1.54) is 0 Å². The molecule has 17 heavy (non-hydrogen) atoms. The SMILES string of the molecule is CCN(C(=O)CC(C)CN)C1CCS(=O)(=O)C1. The Labute approximate surface area is 103 Å². The van der Waals surface area contributed by atoms with Crippen molar-refractivity contribution < 1.29 is 13.2 Å². The van der Waals surface area contributed by atoms with Gasteiger partial charge in [0.05, 0.1) is 11.5 Å². The van der Waals surface area contributed by atoms with Crippen molar-refractivity contribution in [3.63, 3.8) is 0 Å². The maximum Gasteiger partial charge on any atom is 0.223 e. The summed E-state index contributed by atoms with van der Waals surface area (Å²) >= 11 is 0. The number of nitrogens with two attached hydrogens (primary N) is 1. The fourth-order valence-corrected chi connectivity index (χ4v) is 3.89. The molecule has 0 radical (unpaired) electrons. The topological polar surface area (TPSA) is 80.5 Å². The molecule has 1 aliphatic heterocycles. The Kier molecular flexibility index (Phi) is 4.94. The third kappa shape index (κ3) is 3.96. The van der Waals surface area contributed by atoms with Crippen LogP contribution in [0.4, 0.5) is 0 Å². The molecule has 2 unspecified atom stereocenters. The van der Waals surface area contributed by atoms with Gasteiger partial charge in [0.2, 0.25) is 5.91 Å². The molecule has 1 rings (SSSR count). The first-order valence-corrected chi connectivity index (χ1v) is 7.91. The van der Waals surface area contributed by atoms with Crippen LogP contribution in [-0.2, 0) is 14.6 Å². The van der Waals surface area contributed by atoms with Crippen LogP contribution in [-0.4, -0.2) is 49.9 Å². The minimum atomic E-state index is -2.94. The molecule has 0 bridgehead atoms. The zero-order valence-corrected chi connectivity index (χ0v) is 11.4. The average molecular weight is 262 g/mol. The monoisotopic (exact) mass is 262 g/mol. The van der Waals surface area contributed by atoms with E-state index in [1.807, 2.05) is 13.8 Å². The summed E-state index contributed by atoms with van der Waals surface area (Å²) in [7, 11) is -2.94. The number of sulfone groups is 1. The summed E-state index contributed by atoms with van der Waals surface area (Å²) in [6.07, 6.45) is 0.972. The standard InChI is InChI=1S/C11H22N2O3S/c1-3-13(11(14)6-9(2)7-12)10-4-5-17(15,16)8-10/h9-10H,3-8,12H2,1-2H3. The number of hydrogen-bond donors (Lipinski definition) is 1. The molecule has 1 amide bonds. The van der Waals surface area contributed by atoms with Crippen molar-refractivity contribution in [2.75, 3.05) is 24.6 Å². The van der Waals surface area contributed by atoms with Gasteiger partial charge >= 0.3 is 0 Å². The predicted molar refractivity (Wildman–Crippen MR) is 67.3 cm³/mol. The molecule has 0 aromatic rings. The van der Waals surface area contributed by atoms with E-state index in [4.69, 9.17) is 5.73 Å². The Morgan fingerprint density at radius 2 is 2.18 bits per heavy atom. The molecule has 1 aliphatic rings. The largest absolute Gasteiger partial charge is 0.339 e. The molecular formula is C11H22N2O3S. The molecule has 0 aliphatic carbocycles. The van der Waals surface area contributed by atoms with Crippen LogP contribution in [0.15, 0.2) is 0 Å². The second kappa shape index (κ2) is 5.82. The maximum absolute atomic E-state index is 12.0. The smallest absolute Gasteiger partial charge is 0.223 e. The molecule has 6 heteroatoms. The lowest BCUT2D eigenvalue weighted by Gasteiger charge is -2.27. The van der Waals surface area contributed by atoms with Crippen molar-refractivity contribution in [3.8, 4) is 0 Å². The van der Waals surface area contributed by atoms with Crippen LogP contribution in [0.2, 0.25) is 0 Å². The summed E-state index contributed by atoms with van der Waals surface area (Å²) in [6.45, 7) is 4.86. The molecular weight excluding hydrogens is 240 g/mol. The first kappa shape index (κ1) is 14.4. The zero-order valence-electron chi connectivity index (χ0n) is 10.6. The van der Waals surface area contributed by atoms with Gasteiger partial charge in [-0.3, -0.25) is 4.79 Å². The molecule has 0 saturated carbocycles. The molecule has 0 spiro atoms. The molecule has 100 valence electrons. The third-order valence-corrected chi connectivity index (χ3v) is 4.99. The number of nitrogens with zero attached hydrogens (tertiary/aromatic N) is 1.